The lowest BCUT2D eigenvalue weighted by atomic mass is 9.93. The van der Waals surface area contributed by atoms with Crippen LogP contribution in [0.15, 0.2) is 35.3 Å². The summed E-state index contributed by atoms with van der Waals surface area (Å²) in [7, 11) is 1.73. The summed E-state index contributed by atoms with van der Waals surface area (Å²) < 4.78 is 39.7. The first-order valence-corrected chi connectivity index (χ1v) is 6.19. The molecule has 1 aromatic carbocycles. The lowest BCUT2D eigenvalue weighted by Gasteiger charge is -2.32. The maximum absolute atomic E-state index is 13.2. The molecule has 2 rings (SSSR count). The van der Waals surface area contributed by atoms with Crippen LogP contribution in [0.3, 0.4) is 0 Å². The second-order valence-corrected chi connectivity index (χ2v) is 4.70. The van der Waals surface area contributed by atoms with Crippen LogP contribution in [-0.2, 0) is 5.60 Å². The van der Waals surface area contributed by atoms with Gasteiger partial charge in [-0.3, -0.25) is 4.99 Å². The second kappa shape index (κ2) is 5.32. The van der Waals surface area contributed by atoms with Gasteiger partial charge in [-0.05, 0) is 5.56 Å². The van der Waals surface area contributed by atoms with Crippen molar-refractivity contribution < 1.29 is 18.3 Å². The number of alkyl halides is 3. The van der Waals surface area contributed by atoms with Crippen molar-refractivity contribution in [1.82, 2.24) is 10.2 Å². The molecule has 0 saturated carbocycles. The number of hydrogen-bond donors (Lipinski definition) is 2. The summed E-state index contributed by atoms with van der Waals surface area (Å²) in [6.07, 6.45) is -4.78. The largest absolute Gasteiger partial charge is 0.423 e. The van der Waals surface area contributed by atoms with Crippen molar-refractivity contribution in [3.63, 3.8) is 0 Å². The fourth-order valence-corrected chi connectivity index (χ4v) is 2.01. The van der Waals surface area contributed by atoms with E-state index in [1.165, 1.54) is 24.3 Å². The molecule has 110 valence electrons. The van der Waals surface area contributed by atoms with Crippen molar-refractivity contribution in [3.05, 3.63) is 35.9 Å². The fourth-order valence-electron chi connectivity index (χ4n) is 2.01. The Morgan fingerprint density at radius 1 is 1.30 bits per heavy atom. The molecule has 0 amide bonds. The van der Waals surface area contributed by atoms with E-state index in [1.807, 2.05) is 0 Å². The van der Waals surface area contributed by atoms with E-state index in [0.717, 1.165) is 0 Å². The van der Waals surface area contributed by atoms with Gasteiger partial charge in [-0.2, -0.15) is 13.2 Å². The Labute approximate surface area is 114 Å². The van der Waals surface area contributed by atoms with Gasteiger partial charge in [0.25, 0.3) is 0 Å². The van der Waals surface area contributed by atoms with Gasteiger partial charge in [0.1, 0.15) is 0 Å². The molecular formula is C13H16F3N3O. The number of nitrogens with one attached hydrogen (secondary N) is 1. The highest BCUT2D eigenvalue weighted by Gasteiger charge is 2.55. The standard InChI is InChI=1S/C13H16F3N3O/c1-19-8-7-17-11(19)18-9-12(20,13(14,15)16)10-5-3-2-4-6-10/h2-6,20H,7-9H2,1H3,(H,17,18). The number of hydrogen-bond acceptors (Lipinski definition) is 4. The predicted octanol–water partition coefficient (Wildman–Crippen LogP) is 1.33. The molecule has 2 N–H and O–H groups in total. The molecule has 0 spiro atoms. The number of aliphatic hydroxyl groups is 1. The molecule has 0 bridgehead atoms. The predicted molar refractivity (Wildman–Crippen MR) is 69.3 cm³/mol. The van der Waals surface area contributed by atoms with Crippen molar-refractivity contribution in [2.24, 2.45) is 4.99 Å². The molecule has 0 aromatic heterocycles. The molecule has 7 heteroatoms. The van der Waals surface area contributed by atoms with Gasteiger partial charge in [0.2, 0.25) is 5.60 Å². The highest BCUT2D eigenvalue weighted by atomic mass is 19.4. The molecule has 1 aliphatic rings. The summed E-state index contributed by atoms with van der Waals surface area (Å²) >= 11 is 0. The van der Waals surface area contributed by atoms with Crippen LogP contribution in [-0.4, -0.2) is 48.8 Å². The molecule has 1 atom stereocenters. The molecule has 1 aromatic rings. The number of halogens is 3. The Hall–Kier alpha value is -1.76. The van der Waals surface area contributed by atoms with E-state index in [9.17, 15) is 18.3 Å². The van der Waals surface area contributed by atoms with E-state index < -0.39 is 18.3 Å². The molecule has 1 aliphatic heterocycles. The van der Waals surface area contributed by atoms with Crippen LogP contribution < -0.4 is 5.32 Å². The quantitative estimate of drug-likeness (QED) is 0.881. The third kappa shape index (κ3) is 2.72. The van der Waals surface area contributed by atoms with E-state index in [-0.39, 0.29) is 5.56 Å². The van der Waals surface area contributed by atoms with Crippen LogP contribution >= 0.6 is 0 Å². The van der Waals surface area contributed by atoms with E-state index >= 15 is 0 Å². The van der Waals surface area contributed by atoms with Crippen LogP contribution in [0.2, 0.25) is 0 Å². The third-order valence-electron chi connectivity index (χ3n) is 3.28. The molecule has 20 heavy (non-hydrogen) atoms. The Kier molecular flexibility index (Phi) is 3.89. The number of guanidine groups is 1. The smallest absolute Gasteiger partial charge is 0.375 e. The average Bonchev–Trinajstić information content (AvgIpc) is 2.81. The molecule has 4 nitrogen and oxygen atoms in total. The van der Waals surface area contributed by atoms with Gasteiger partial charge in [-0.15, -0.1) is 0 Å². The third-order valence-corrected chi connectivity index (χ3v) is 3.28. The SMILES string of the molecule is CN1CCN=C1NCC(O)(c1ccccc1)C(F)(F)F. The zero-order chi connectivity index (χ0) is 14.8. The van der Waals surface area contributed by atoms with E-state index in [1.54, 1.807) is 18.0 Å². The van der Waals surface area contributed by atoms with Crippen LogP contribution in [0.5, 0.6) is 0 Å². The van der Waals surface area contributed by atoms with Crippen LogP contribution in [0.4, 0.5) is 13.2 Å². The molecule has 1 unspecified atom stereocenters. The van der Waals surface area contributed by atoms with Crippen molar-refractivity contribution in [3.8, 4) is 0 Å². The minimum atomic E-state index is -4.78. The number of rotatable bonds is 3. The Bertz CT molecular complexity index is 489. The Morgan fingerprint density at radius 3 is 2.45 bits per heavy atom. The lowest BCUT2D eigenvalue weighted by molar-refractivity contribution is -0.263. The zero-order valence-corrected chi connectivity index (χ0v) is 11.0. The summed E-state index contributed by atoms with van der Waals surface area (Å²) in [6, 6.07) is 7.05. The number of benzene rings is 1. The summed E-state index contributed by atoms with van der Waals surface area (Å²) in [6.45, 7) is 0.510. The molecule has 0 fully saturated rings. The highest BCUT2D eigenvalue weighted by molar-refractivity contribution is 5.81. The van der Waals surface area contributed by atoms with E-state index in [2.05, 4.69) is 10.3 Å². The maximum atomic E-state index is 13.2. The normalized spacial score (nSPS) is 18.6. The van der Waals surface area contributed by atoms with Gasteiger partial charge in [0.05, 0.1) is 13.1 Å². The van der Waals surface area contributed by atoms with Gasteiger partial charge in [-0.1, -0.05) is 30.3 Å². The van der Waals surface area contributed by atoms with Crippen LogP contribution in [0.25, 0.3) is 0 Å². The Morgan fingerprint density at radius 2 is 1.95 bits per heavy atom. The van der Waals surface area contributed by atoms with E-state index in [4.69, 9.17) is 0 Å². The van der Waals surface area contributed by atoms with Crippen molar-refractivity contribution >= 4 is 5.96 Å². The molecule has 1 heterocycles. The first-order valence-electron chi connectivity index (χ1n) is 6.19. The van der Waals surface area contributed by atoms with Gasteiger partial charge in [-0.25, -0.2) is 0 Å². The minimum absolute atomic E-state index is 0.193. The summed E-state index contributed by atoms with van der Waals surface area (Å²) in [5, 5.41) is 12.7. The summed E-state index contributed by atoms with van der Waals surface area (Å²) in [5.41, 5.74) is -3.14. The topological polar surface area (TPSA) is 47.9 Å². The number of nitrogens with zero attached hydrogens (tertiary/aromatic N) is 2. The first kappa shape index (κ1) is 14.6. The fraction of sp³-hybridized carbons (Fsp3) is 0.462. The van der Waals surface area contributed by atoms with Crippen molar-refractivity contribution in [2.75, 3.05) is 26.7 Å². The molecular weight excluding hydrogens is 271 g/mol. The lowest BCUT2D eigenvalue weighted by Crippen LogP contribution is -2.52. The van der Waals surface area contributed by atoms with E-state index in [0.29, 0.717) is 19.0 Å². The zero-order valence-electron chi connectivity index (χ0n) is 11.0. The average molecular weight is 287 g/mol. The monoisotopic (exact) mass is 287 g/mol. The van der Waals surface area contributed by atoms with Crippen LogP contribution in [0, 0.1) is 0 Å². The molecule has 0 radical (unpaired) electrons. The summed E-state index contributed by atoms with van der Waals surface area (Å²) in [4.78, 5) is 5.76. The van der Waals surface area contributed by atoms with Crippen molar-refractivity contribution in [2.45, 2.75) is 11.8 Å². The summed E-state index contributed by atoms with van der Waals surface area (Å²) in [5.74, 6) is 0.364. The highest BCUT2D eigenvalue weighted by Crippen LogP contribution is 2.38. The first-order chi connectivity index (χ1) is 9.34. The van der Waals surface area contributed by atoms with Gasteiger partial charge < -0.3 is 15.3 Å². The molecule has 0 aliphatic carbocycles. The number of likely N-dealkylation sites (N-methyl/N-ethyl adjacent to an activating group) is 1. The minimum Gasteiger partial charge on any atom is -0.375 e. The van der Waals surface area contributed by atoms with Crippen LogP contribution in [0.1, 0.15) is 5.56 Å². The number of aliphatic imine (C=N–C) groups is 1. The van der Waals surface area contributed by atoms with Gasteiger partial charge in [0.15, 0.2) is 5.96 Å². The van der Waals surface area contributed by atoms with Gasteiger partial charge in [0, 0.05) is 13.6 Å². The Balaban J connectivity index is 2.21. The second-order valence-electron chi connectivity index (χ2n) is 4.70. The van der Waals surface area contributed by atoms with Crippen molar-refractivity contribution in [1.29, 1.82) is 0 Å². The molecule has 0 saturated heterocycles. The maximum Gasteiger partial charge on any atom is 0.423 e. The van der Waals surface area contributed by atoms with Gasteiger partial charge >= 0.3 is 6.18 Å².